The van der Waals surface area contributed by atoms with Crippen molar-refractivity contribution in [3.63, 3.8) is 0 Å². The fraction of sp³-hybridized carbons (Fsp3) is 0.571. The Hall–Kier alpha value is -1.06. The minimum Gasteiger partial charge on any atom is -0.496 e. The first-order chi connectivity index (χ1) is 8.17. The number of benzene rings is 1. The van der Waals surface area contributed by atoms with Crippen LogP contribution in [0.4, 0.5) is 0 Å². The highest BCUT2D eigenvalue weighted by atomic mass is 16.5. The lowest BCUT2D eigenvalue weighted by molar-refractivity contribution is 0.294. The summed E-state index contributed by atoms with van der Waals surface area (Å²) in [6.07, 6.45) is 1.14. The molecule has 0 amide bonds. The first kappa shape index (κ1) is 14.0. The molecule has 0 aliphatic carbocycles. The minimum absolute atomic E-state index is 0.593. The molecule has 0 bridgehead atoms. The molecule has 1 aromatic carbocycles. The van der Waals surface area contributed by atoms with Crippen LogP contribution >= 0.6 is 0 Å². The van der Waals surface area contributed by atoms with E-state index in [4.69, 9.17) is 10.5 Å². The summed E-state index contributed by atoms with van der Waals surface area (Å²) in [6, 6.07) is 8.17. The number of methoxy groups -OCH3 is 1. The van der Waals surface area contributed by atoms with Gasteiger partial charge in [0.15, 0.2) is 0 Å². The summed E-state index contributed by atoms with van der Waals surface area (Å²) in [5.74, 6) is 1.56. The summed E-state index contributed by atoms with van der Waals surface area (Å²) in [6.45, 7) is 4.94. The van der Waals surface area contributed by atoms with E-state index in [1.54, 1.807) is 7.11 Å². The molecule has 0 saturated heterocycles. The normalized spacial score (nSPS) is 12.8. The molecule has 0 aliphatic rings. The van der Waals surface area contributed by atoms with Crippen molar-refractivity contribution in [3.05, 3.63) is 29.8 Å². The van der Waals surface area contributed by atoms with Crippen molar-refractivity contribution in [2.24, 2.45) is 11.7 Å². The molecule has 0 saturated carbocycles. The molecule has 1 aromatic rings. The van der Waals surface area contributed by atoms with Crippen molar-refractivity contribution >= 4 is 0 Å². The Morgan fingerprint density at radius 1 is 1.35 bits per heavy atom. The lowest BCUT2D eigenvalue weighted by Gasteiger charge is -2.19. The highest BCUT2D eigenvalue weighted by Gasteiger charge is 2.07. The zero-order valence-corrected chi connectivity index (χ0v) is 11.1. The largest absolute Gasteiger partial charge is 0.496 e. The SMILES string of the molecule is COc1ccccc1CN(C)CCC(C)CN. The fourth-order valence-corrected chi connectivity index (χ4v) is 1.76. The molecular formula is C14H24N2O. The van der Waals surface area contributed by atoms with E-state index in [1.807, 2.05) is 18.2 Å². The third-order valence-corrected chi connectivity index (χ3v) is 3.04. The van der Waals surface area contributed by atoms with E-state index >= 15 is 0 Å². The van der Waals surface area contributed by atoms with Crippen molar-refractivity contribution < 1.29 is 4.74 Å². The first-order valence-corrected chi connectivity index (χ1v) is 6.18. The molecule has 0 heterocycles. The highest BCUT2D eigenvalue weighted by Crippen LogP contribution is 2.18. The topological polar surface area (TPSA) is 38.5 Å². The van der Waals surface area contributed by atoms with Gasteiger partial charge < -0.3 is 15.4 Å². The lowest BCUT2D eigenvalue weighted by atomic mass is 10.1. The monoisotopic (exact) mass is 236 g/mol. The van der Waals surface area contributed by atoms with Gasteiger partial charge in [0.1, 0.15) is 5.75 Å². The van der Waals surface area contributed by atoms with Gasteiger partial charge in [-0.1, -0.05) is 25.1 Å². The Morgan fingerprint density at radius 2 is 2.06 bits per heavy atom. The van der Waals surface area contributed by atoms with E-state index in [2.05, 4.69) is 24.9 Å². The number of nitrogens with zero attached hydrogens (tertiary/aromatic N) is 1. The number of hydrogen-bond donors (Lipinski definition) is 1. The third-order valence-electron chi connectivity index (χ3n) is 3.04. The van der Waals surface area contributed by atoms with Gasteiger partial charge in [0.05, 0.1) is 7.11 Å². The summed E-state index contributed by atoms with van der Waals surface area (Å²) in [5.41, 5.74) is 6.85. The van der Waals surface area contributed by atoms with E-state index < -0.39 is 0 Å². The number of nitrogens with two attached hydrogens (primary N) is 1. The van der Waals surface area contributed by atoms with E-state index in [9.17, 15) is 0 Å². The Kier molecular flexibility index (Phi) is 6.01. The smallest absolute Gasteiger partial charge is 0.123 e. The Bertz CT molecular complexity index is 328. The number of hydrogen-bond acceptors (Lipinski definition) is 3. The molecule has 0 spiro atoms. The summed E-state index contributed by atoms with van der Waals surface area (Å²) in [4.78, 5) is 2.31. The van der Waals surface area contributed by atoms with E-state index in [0.717, 1.165) is 31.8 Å². The molecule has 3 nitrogen and oxygen atoms in total. The fourth-order valence-electron chi connectivity index (χ4n) is 1.76. The zero-order valence-electron chi connectivity index (χ0n) is 11.1. The van der Waals surface area contributed by atoms with Gasteiger partial charge in [0, 0.05) is 12.1 Å². The van der Waals surface area contributed by atoms with Crippen LogP contribution in [0.3, 0.4) is 0 Å². The molecular weight excluding hydrogens is 212 g/mol. The van der Waals surface area contributed by atoms with Crippen LogP contribution in [-0.4, -0.2) is 32.1 Å². The molecule has 1 rings (SSSR count). The van der Waals surface area contributed by atoms with E-state index in [-0.39, 0.29) is 0 Å². The van der Waals surface area contributed by atoms with Crippen LogP contribution in [0, 0.1) is 5.92 Å². The Labute approximate surface area is 105 Å². The van der Waals surface area contributed by atoms with Crippen LogP contribution in [0.2, 0.25) is 0 Å². The molecule has 17 heavy (non-hydrogen) atoms. The Morgan fingerprint density at radius 3 is 2.71 bits per heavy atom. The standard InChI is InChI=1S/C14H24N2O/c1-12(10-15)8-9-16(2)11-13-6-4-5-7-14(13)17-3/h4-7,12H,8-11,15H2,1-3H3. The average molecular weight is 236 g/mol. The minimum atomic E-state index is 0.593. The van der Waals surface area contributed by atoms with Gasteiger partial charge in [-0.05, 0) is 38.5 Å². The molecule has 3 heteroatoms. The highest BCUT2D eigenvalue weighted by molar-refractivity contribution is 5.32. The van der Waals surface area contributed by atoms with Crippen LogP contribution in [-0.2, 0) is 6.54 Å². The quantitative estimate of drug-likeness (QED) is 0.788. The van der Waals surface area contributed by atoms with Crippen molar-refractivity contribution in [2.75, 3.05) is 27.2 Å². The Balaban J connectivity index is 2.47. The van der Waals surface area contributed by atoms with Gasteiger partial charge in [-0.25, -0.2) is 0 Å². The van der Waals surface area contributed by atoms with Gasteiger partial charge in [0.25, 0.3) is 0 Å². The molecule has 1 atom stereocenters. The van der Waals surface area contributed by atoms with Crippen molar-refractivity contribution in [3.8, 4) is 5.75 Å². The van der Waals surface area contributed by atoms with Crippen LogP contribution in [0.1, 0.15) is 18.9 Å². The van der Waals surface area contributed by atoms with Gasteiger partial charge >= 0.3 is 0 Å². The van der Waals surface area contributed by atoms with E-state index in [0.29, 0.717) is 5.92 Å². The predicted octanol–water partition coefficient (Wildman–Crippen LogP) is 2.11. The lowest BCUT2D eigenvalue weighted by Crippen LogP contribution is -2.23. The molecule has 0 fully saturated rings. The van der Waals surface area contributed by atoms with Gasteiger partial charge in [-0.3, -0.25) is 0 Å². The summed E-state index contributed by atoms with van der Waals surface area (Å²) in [5, 5.41) is 0. The second-order valence-corrected chi connectivity index (χ2v) is 4.68. The maximum Gasteiger partial charge on any atom is 0.123 e. The molecule has 96 valence electrons. The second-order valence-electron chi connectivity index (χ2n) is 4.68. The van der Waals surface area contributed by atoms with Crippen molar-refractivity contribution in [1.82, 2.24) is 4.90 Å². The van der Waals surface area contributed by atoms with Gasteiger partial charge in [0.2, 0.25) is 0 Å². The molecule has 0 radical (unpaired) electrons. The van der Waals surface area contributed by atoms with Crippen LogP contribution < -0.4 is 10.5 Å². The maximum atomic E-state index is 5.62. The first-order valence-electron chi connectivity index (χ1n) is 6.18. The molecule has 0 aromatic heterocycles. The average Bonchev–Trinajstić information content (AvgIpc) is 2.36. The third kappa shape index (κ3) is 4.75. The number of para-hydroxylation sites is 1. The molecule has 2 N–H and O–H groups in total. The predicted molar refractivity (Wildman–Crippen MR) is 72.2 cm³/mol. The van der Waals surface area contributed by atoms with Crippen LogP contribution in [0.15, 0.2) is 24.3 Å². The number of rotatable bonds is 7. The summed E-state index contributed by atoms with van der Waals surface area (Å²) < 4.78 is 5.35. The second kappa shape index (κ2) is 7.30. The van der Waals surface area contributed by atoms with Gasteiger partial charge in [-0.15, -0.1) is 0 Å². The van der Waals surface area contributed by atoms with Crippen LogP contribution in [0.5, 0.6) is 5.75 Å². The van der Waals surface area contributed by atoms with E-state index in [1.165, 1.54) is 5.56 Å². The van der Waals surface area contributed by atoms with Crippen molar-refractivity contribution in [2.45, 2.75) is 19.9 Å². The summed E-state index contributed by atoms with van der Waals surface area (Å²) >= 11 is 0. The molecule has 0 aliphatic heterocycles. The van der Waals surface area contributed by atoms with Crippen LogP contribution in [0.25, 0.3) is 0 Å². The maximum absolute atomic E-state index is 5.62. The van der Waals surface area contributed by atoms with Gasteiger partial charge in [-0.2, -0.15) is 0 Å². The zero-order chi connectivity index (χ0) is 12.7. The van der Waals surface area contributed by atoms with Crippen molar-refractivity contribution in [1.29, 1.82) is 0 Å². The molecule has 1 unspecified atom stereocenters. The number of ether oxygens (including phenoxy) is 1. The summed E-state index contributed by atoms with van der Waals surface area (Å²) in [7, 11) is 3.85.